The van der Waals surface area contributed by atoms with Gasteiger partial charge in [0.05, 0.1) is 35.5 Å². The van der Waals surface area contributed by atoms with E-state index < -0.39 is 10.0 Å². The van der Waals surface area contributed by atoms with Crippen LogP contribution in [-0.2, 0) is 21.3 Å². The number of benzene rings is 2. The summed E-state index contributed by atoms with van der Waals surface area (Å²) in [6.45, 7) is 2.05. The number of furan rings is 1. The van der Waals surface area contributed by atoms with Crippen LogP contribution < -0.4 is 4.72 Å². The van der Waals surface area contributed by atoms with Gasteiger partial charge in [-0.15, -0.1) is 0 Å². The largest absolute Gasteiger partial charge is 0.462 e. The second-order valence-electron chi connectivity index (χ2n) is 6.11. The van der Waals surface area contributed by atoms with Crippen molar-refractivity contribution in [2.45, 2.75) is 18.4 Å². The van der Waals surface area contributed by atoms with Crippen molar-refractivity contribution in [1.29, 1.82) is 0 Å². The molecule has 3 rings (SSSR count). The zero-order chi connectivity index (χ0) is 21.6. The molecule has 2 aromatic carbocycles. The van der Waals surface area contributed by atoms with Crippen LogP contribution in [0, 0.1) is 0 Å². The second kappa shape index (κ2) is 9.71. The van der Waals surface area contributed by atoms with E-state index in [-0.39, 0.29) is 17.4 Å². The van der Waals surface area contributed by atoms with Crippen molar-refractivity contribution in [2.24, 2.45) is 4.99 Å². The molecule has 1 heterocycles. The van der Waals surface area contributed by atoms with E-state index in [9.17, 15) is 13.2 Å². The number of ether oxygens (including phenoxy) is 1. The summed E-state index contributed by atoms with van der Waals surface area (Å²) in [6, 6.07) is 15.9. The fourth-order valence-electron chi connectivity index (χ4n) is 2.46. The number of rotatable bonds is 8. The standard InChI is InChI=1S/C21H19ClN2O5S/c1-2-28-21(25)15-3-7-17(8-4-15)23-13-18-9-10-19(29-18)14-24-30(26,27)20-11-5-16(22)6-12-20/h3-13,24H,2,14H2,1H3. The van der Waals surface area contributed by atoms with E-state index >= 15 is 0 Å². The Bertz CT molecular complexity index is 1140. The molecular weight excluding hydrogens is 428 g/mol. The Morgan fingerprint density at radius 3 is 2.47 bits per heavy atom. The van der Waals surface area contributed by atoms with Crippen LogP contribution in [0.25, 0.3) is 0 Å². The molecule has 0 fully saturated rings. The lowest BCUT2D eigenvalue weighted by molar-refractivity contribution is 0.0526. The van der Waals surface area contributed by atoms with Crippen molar-refractivity contribution >= 4 is 39.5 Å². The van der Waals surface area contributed by atoms with Gasteiger partial charge >= 0.3 is 5.97 Å². The summed E-state index contributed by atoms with van der Waals surface area (Å²) < 4.78 is 37.6. The average Bonchev–Trinajstić information content (AvgIpc) is 3.20. The number of carbonyl (C=O) groups excluding carboxylic acids is 1. The van der Waals surface area contributed by atoms with Crippen molar-refractivity contribution in [3.8, 4) is 0 Å². The van der Waals surface area contributed by atoms with Gasteiger partial charge in [-0.05, 0) is 67.6 Å². The number of aliphatic imine (C=N–C) groups is 1. The fraction of sp³-hybridized carbons (Fsp3) is 0.143. The smallest absolute Gasteiger partial charge is 0.338 e. The van der Waals surface area contributed by atoms with E-state index in [1.54, 1.807) is 43.3 Å². The molecule has 3 aromatic rings. The van der Waals surface area contributed by atoms with Crippen LogP contribution in [0.5, 0.6) is 0 Å². The highest BCUT2D eigenvalue weighted by Crippen LogP contribution is 2.16. The number of nitrogens with zero attached hydrogens (tertiary/aromatic N) is 1. The minimum atomic E-state index is -3.68. The minimum Gasteiger partial charge on any atom is -0.462 e. The monoisotopic (exact) mass is 446 g/mol. The van der Waals surface area contributed by atoms with Crippen LogP contribution in [0.3, 0.4) is 0 Å². The molecule has 0 unspecified atom stereocenters. The number of nitrogens with one attached hydrogen (secondary N) is 1. The van der Waals surface area contributed by atoms with Gasteiger partial charge < -0.3 is 9.15 Å². The fourth-order valence-corrected chi connectivity index (χ4v) is 3.58. The summed E-state index contributed by atoms with van der Waals surface area (Å²) in [5, 5.41) is 0.458. The summed E-state index contributed by atoms with van der Waals surface area (Å²) in [7, 11) is -3.68. The van der Waals surface area contributed by atoms with Crippen LogP contribution in [0.4, 0.5) is 5.69 Å². The molecule has 0 spiro atoms. The van der Waals surface area contributed by atoms with E-state index in [0.29, 0.717) is 34.4 Å². The molecule has 0 aliphatic carbocycles. The third kappa shape index (κ3) is 5.79. The maximum Gasteiger partial charge on any atom is 0.338 e. The van der Waals surface area contributed by atoms with Gasteiger partial charge in [-0.2, -0.15) is 0 Å². The molecule has 9 heteroatoms. The van der Waals surface area contributed by atoms with Crippen molar-refractivity contribution in [3.05, 3.63) is 82.8 Å². The topological polar surface area (TPSA) is 98.0 Å². The van der Waals surface area contributed by atoms with Crippen molar-refractivity contribution in [2.75, 3.05) is 6.61 Å². The maximum absolute atomic E-state index is 12.3. The quantitative estimate of drug-likeness (QED) is 0.410. The van der Waals surface area contributed by atoms with E-state index in [4.69, 9.17) is 20.8 Å². The number of halogens is 1. The van der Waals surface area contributed by atoms with Crippen LogP contribution in [0.1, 0.15) is 28.8 Å². The predicted molar refractivity (Wildman–Crippen MR) is 114 cm³/mol. The third-order valence-corrected chi connectivity index (χ3v) is 5.63. The number of carbonyl (C=O) groups is 1. The van der Waals surface area contributed by atoms with Crippen molar-refractivity contribution in [3.63, 3.8) is 0 Å². The Morgan fingerprint density at radius 1 is 1.10 bits per heavy atom. The first kappa shape index (κ1) is 21.8. The Labute approximate surface area is 179 Å². The van der Waals surface area contributed by atoms with Crippen molar-refractivity contribution in [1.82, 2.24) is 4.72 Å². The van der Waals surface area contributed by atoms with Gasteiger partial charge in [-0.3, -0.25) is 4.99 Å². The lowest BCUT2D eigenvalue weighted by Gasteiger charge is -2.05. The van der Waals surface area contributed by atoms with Gasteiger partial charge in [0.2, 0.25) is 10.0 Å². The molecule has 0 saturated carbocycles. The number of esters is 1. The highest BCUT2D eigenvalue weighted by molar-refractivity contribution is 7.89. The molecule has 1 aromatic heterocycles. The molecule has 156 valence electrons. The van der Waals surface area contributed by atoms with Gasteiger partial charge in [0.1, 0.15) is 11.5 Å². The molecule has 1 N–H and O–H groups in total. The molecule has 0 aliphatic rings. The highest BCUT2D eigenvalue weighted by atomic mass is 35.5. The van der Waals surface area contributed by atoms with Crippen LogP contribution in [0.15, 0.2) is 75.0 Å². The molecule has 0 radical (unpaired) electrons. The first-order valence-corrected chi connectivity index (χ1v) is 10.9. The molecule has 0 amide bonds. The number of sulfonamides is 1. The zero-order valence-corrected chi connectivity index (χ0v) is 17.6. The lowest BCUT2D eigenvalue weighted by atomic mass is 10.2. The molecule has 30 heavy (non-hydrogen) atoms. The van der Waals surface area contributed by atoms with E-state index in [0.717, 1.165) is 0 Å². The van der Waals surface area contributed by atoms with Crippen LogP contribution >= 0.6 is 11.6 Å². The Balaban J connectivity index is 1.59. The zero-order valence-electron chi connectivity index (χ0n) is 16.0. The number of hydrogen-bond donors (Lipinski definition) is 1. The first-order valence-electron chi connectivity index (χ1n) is 9.02. The SMILES string of the molecule is CCOC(=O)c1ccc(N=Cc2ccc(CNS(=O)(=O)c3ccc(Cl)cc3)o2)cc1. The predicted octanol–water partition coefficient (Wildman–Crippen LogP) is 4.34. The maximum atomic E-state index is 12.3. The highest BCUT2D eigenvalue weighted by Gasteiger charge is 2.14. The van der Waals surface area contributed by atoms with Crippen LogP contribution in [0.2, 0.25) is 5.02 Å². The minimum absolute atomic E-state index is 0.00691. The Kier molecular flexibility index (Phi) is 7.04. The van der Waals surface area contributed by atoms with Gasteiger partial charge in [0, 0.05) is 5.02 Å². The molecule has 0 bridgehead atoms. The average molecular weight is 447 g/mol. The van der Waals surface area contributed by atoms with Gasteiger partial charge in [-0.1, -0.05) is 11.6 Å². The second-order valence-corrected chi connectivity index (χ2v) is 8.31. The lowest BCUT2D eigenvalue weighted by Crippen LogP contribution is -2.22. The molecular formula is C21H19ClN2O5S. The van der Waals surface area contributed by atoms with E-state index in [1.807, 2.05) is 0 Å². The van der Waals surface area contributed by atoms with Gasteiger partial charge in [0.25, 0.3) is 0 Å². The van der Waals surface area contributed by atoms with E-state index in [2.05, 4.69) is 9.71 Å². The summed E-state index contributed by atoms with van der Waals surface area (Å²) in [4.78, 5) is 16.0. The molecule has 0 aliphatic heterocycles. The van der Waals surface area contributed by atoms with Crippen LogP contribution in [-0.4, -0.2) is 27.2 Å². The summed E-state index contributed by atoms with van der Waals surface area (Å²) >= 11 is 5.78. The summed E-state index contributed by atoms with van der Waals surface area (Å²) in [5.74, 6) is 0.515. The molecule has 0 atom stereocenters. The normalized spacial score (nSPS) is 11.7. The van der Waals surface area contributed by atoms with Gasteiger partial charge in [0.15, 0.2) is 0 Å². The Hall–Kier alpha value is -2.94. The number of hydrogen-bond acceptors (Lipinski definition) is 6. The summed E-state index contributed by atoms with van der Waals surface area (Å²) in [5.41, 5.74) is 1.08. The molecule has 0 saturated heterocycles. The van der Waals surface area contributed by atoms with E-state index in [1.165, 1.54) is 30.5 Å². The Morgan fingerprint density at radius 2 is 1.80 bits per heavy atom. The first-order chi connectivity index (χ1) is 14.4. The molecule has 7 nitrogen and oxygen atoms in total. The summed E-state index contributed by atoms with van der Waals surface area (Å²) in [6.07, 6.45) is 1.51. The van der Waals surface area contributed by atoms with Gasteiger partial charge in [-0.25, -0.2) is 17.9 Å². The van der Waals surface area contributed by atoms with Crippen molar-refractivity contribution < 1.29 is 22.4 Å². The third-order valence-electron chi connectivity index (χ3n) is 3.96.